The molecule has 0 radical (unpaired) electrons. The van der Waals surface area contributed by atoms with Crippen molar-refractivity contribution < 1.29 is 14.3 Å². The van der Waals surface area contributed by atoms with Gasteiger partial charge < -0.3 is 19.9 Å². The molecule has 116 valence electrons. The van der Waals surface area contributed by atoms with Crippen molar-refractivity contribution in [3.63, 3.8) is 0 Å². The molecular weight excluding hydrogens is 258 g/mol. The zero-order chi connectivity index (χ0) is 15.5. The molecule has 0 bridgehead atoms. The summed E-state index contributed by atoms with van der Waals surface area (Å²) in [6.07, 6.45) is 0.398. The molecule has 0 spiro atoms. The lowest BCUT2D eigenvalue weighted by Gasteiger charge is -2.33. The lowest BCUT2D eigenvalue weighted by molar-refractivity contribution is -0.135. The minimum absolute atomic E-state index is 0.0350. The summed E-state index contributed by atoms with van der Waals surface area (Å²) in [6, 6.07) is -0.187. The number of hydrogen-bond donors (Lipinski definition) is 1. The molecule has 0 aliphatic carbocycles. The maximum absolute atomic E-state index is 12.6. The Morgan fingerprint density at radius 1 is 1.35 bits per heavy atom. The molecule has 0 aromatic carbocycles. The number of hydrogen-bond acceptors (Lipinski definition) is 4. The van der Waals surface area contributed by atoms with E-state index in [9.17, 15) is 9.59 Å². The average Bonchev–Trinajstić information content (AvgIpc) is 2.83. The number of nitrogens with zero attached hydrogens (tertiary/aromatic N) is 2. The van der Waals surface area contributed by atoms with Crippen LogP contribution in [0.1, 0.15) is 27.2 Å². The van der Waals surface area contributed by atoms with Crippen molar-refractivity contribution in [3.8, 4) is 0 Å². The zero-order valence-electron chi connectivity index (χ0n) is 13.4. The Labute approximate surface area is 121 Å². The van der Waals surface area contributed by atoms with Crippen LogP contribution in [0, 0.1) is 5.41 Å². The first kappa shape index (κ1) is 16.8. The molecule has 1 rings (SSSR count). The van der Waals surface area contributed by atoms with E-state index in [-0.39, 0.29) is 11.3 Å². The average molecular weight is 285 g/mol. The predicted molar refractivity (Wildman–Crippen MR) is 77.5 cm³/mol. The SMILES string of the molecule is COC(=O)N[C@H](C(=O)N1CC[C@@H](N(C)C)C1)C(C)(C)C. The molecule has 2 amide bonds. The molecule has 1 aliphatic heterocycles. The van der Waals surface area contributed by atoms with Gasteiger partial charge >= 0.3 is 6.09 Å². The van der Waals surface area contributed by atoms with Crippen molar-refractivity contribution in [2.75, 3.05) is 34.3 Å². The number of methoxy groups -OCH3 is 1. The number of likely N-dealkylation sites (tertiary alicyclic amines) is 1. The molecular formula is C14H27N3O3. The van der Waals surface area contributed by atoms with Crippen LogP contribution >= 0.6 is 0 Å². The van der Waals surface area contributed by atoms with Gasteiger partial charge in [-0.25, -0.2) is 4.79 Å². The summed E-state index contributed by atoms with van der Waals surface area (Å²) in [6.45, 7) is 7.25. The van der Waals surface area contributed by atoms with Gasteiger partial charge in [0.25, 0.3) is 0 Å². The first-order valence-electron chi connectivity index (χ1n) is 6.96. The second-order valence-electron chi connectivity index (χ2n) is 6.63. The van der Waals surface area contributed by atoms with Crippen LogP contribution in [0.2, 0.25) is 0 Å². The highest BCUT2D eigenvalue weighted by atomic mass is 16.5. The van der Waals surface area contributed by atoms with Crippen LogP contribution in [0.4, 0.5) is 4.79 Å². The number of alkyl carbamates (subject to hydrolysis) is 1. The maximum atomic E-state index is 12.6. The predicted octanol–water partition coefficient (Wildman–Crippen LogP) is 0.920. The molecule has 6 heteroatoms. The van der Waals surface area contributed by atoms with E-state index in [0.29, 0.717) is 12.6 Å². The van der Waals surface area contributed by atoms with E-state index in [1.54, 1.807) is 0 Å². The Kier molecular flexibility index (Phi) is 5.39. The van der Waals surface area contributed by atoms with Crippen LogP contribution < -0.4 is 5.32 Å². The van der Waals surface area contributed by atoms with Crippen molar-refractivity contribution in [1.29, 1.82) is 0 Å². The van der Waals surface area contributed by atoms with Gasteiger partial charge in [0.2, 0.25) is 5.91 Å². The smallest absolute Gasteiger partial charge is 0.407 e. The molecule has 0 aromatic heterocycles. The number of likely N-dealkylation sites (N-methyl/N-ethyl adjacent to an activating group) is 1. The van der Waals surface area contributed by atoms with Crippen LogP contribution in [-0.4, -0.2) is 68.2 Å². The minimum Gasteiger partial charge on any atom is -0.453 e. The molecule has 20 heavy (non-hydrogen) atoms. The van der Waals surface area contributed by atoms with E-state index < -0.39 is 12.1 Å². The highest BCUT2D eigenvalue weighted by Crippen LogP contribution is 2.23. The van der Waals surface area contributed by atoms with Gasteiger partial charge in [0.05, 0.1) is 7.11 Å². The molecule has 1 saturated heterocycles. The van der Waals surface area contributed by atoms with E-state index in [0.717, 1.165) is 13.0 Å². The number of rotatable bonds is 3. The molecule has 6 nitrogen and oxygen atoms in total. The molecule has 1 N–H and O–H groups in total. The lowest BCUT2D eigenvalue weighted by atomic mass is 9.86. The van der Waals surface area contributed by atoms with Gasteiger partial charge in [-0.1, -0.05) is 20.8 Å². The van der Waals surface area contributed by atoms with E-state index >= 15 is 0 Å². The number of nitrogens with one attached hydrogen (secondary N) is 1. The summed E-state index contributed by atoms with van der Waals surface area (Å²) in [4.78, 5) is 28.1. The molecule has 2 atom stereocenters. The fraction of sp³-hybridized carbons (Fsp3) is 0.857. The summed E-state index contributed by atoms with van der Waals surface area (Å²) in [7, 11) is 5.34. The van der Waals surface area contributed by atoms with Crippen molar-refractivity contribution in [3.05, 3.63) is 0 Å². The highest BCUT2D eigenvalue weighted by Gasteiger charge is 2.38. The van der Waals surface area contributed by atoms with Gasteiger partial charge in [-0.3, -0.25) is 4.79 Å². The summed E-state index contributed by atoms with van der Waals surface area (Å²) < 4.78 is 4.62. The largest absolute Gasteiger partial charge is 0.453 e. The van der Waals surface area contributed by atoms with Crippen LogP contribution in [0.25, 0.3) is 0 Å². The quantitative estimate of drug-likeness (QED) is 0.837. The van der Waals surface area contributed by atoms with Crippen LogP contribution in [0.5, 0.6) is 0 Å². The fourth-order valence-corrected chi connectivity index (χ4v) is 2.37. The van der Waals surface area contributed by atoms with E-state index in [1.165, 1.54) is 7.11 Å². The third-order valence-electron chi connectivity index (χ3n) is 3.77. The zero-order valence-corrected chi connectivity index (χ0v) is 13.4. The number of ether oxygens (including phenoxy) is 1. The Morgan fingerprint density at radius 3 is 2.35 bits per heavy atom. The van der Waals surface area contributed by atoms with Crippen LogP contribution in [-0.2, 0) is 9.53 Å². The Hall–Kier alpha value is -1.30. The normalized spacial score (nSPS) is 20.9. The monoisotopic (exact) mass is 285 g/mol. The second kappa shape index (κ2) is 6.43. The highest BCUT2D eigenvalue weighted by molar-refractivity contribution is 5.86. The number of carbonyl (C=O) groups is 2. The lowest BCUT2D eigenvalue weighted by Crippen LogP contribution is -2.54. The summed E-state index contributed by atoms with van der Waals surface area (Å²) in [5.41, 5.74) is -0.360. The Balaban J connectivity index is 2.77. The minimum atomic E-state index is -0.573. The number of amides is 2. The van der Waals surface area contributed by atoms with Gasteiger partial charge in [0.1, 0.15) is 6.04 Å². The van der Waals surface area contributed by atoms with Gasteiger partial charge in [0.15, 0.2) is 0 Å². The summed E-state index contributed by atoms with van der Waals surface area (Å²) in [5, 5.41) is 2.66. The standard InChI is InChI=1S/C14H27N3O3/c1-14(2,3)11(15-13(19)20-6)12(18)17-8-7-10(9-17)16(4)5/h10-11H,7-9H2,1-6H3,(H,15,19)/t10-,11-/m1/s1. The van der Waals surface area contributed by atoms with E-state index in [4.69, 9.17) is 0 Å². The Bertz CT molecular complexity index is 363. The van der Waals surface area contributed by atoms with Crippen molar-refractivity contribution >= 4 is 12.0 Å². The van der Waals surface area contributed by atoms with E-state index in [2.05, 4.69) is 15.0 Å². The number of carbonyl (C=O) groups excluding carboxylic acids is 2. The molecule has 1 fully saturated rings. The molecule has 0 saturated carbocycles. The van der Waals surface area contributed by atoms with Crippen molar-refractivity contribution in [1.82, 2.24) is 15.1 Å². The van der Waals surface area contributed by atoms with Crippen molar-refractivity contribution in [2.24, 2.45) is 5.41 Å². The van der Waals surface area contributed by atoms with Gasteiger partial charge in [-0.2, -0.15) is 0 Å². The summed E-state index contributed by atoms with van der Waals surface area (Å²) >= 11 is 0. The van der Waals surface area contributed by atoms with E-state index in [1.807, 2.05) is 39.8 Å². The van der Waals surface area contributed by atoms with Crippen LogP contribution in [0.3, 0.4) is 0 Å². The fourth-order valence-electron chi connectivity index (χ4n) is 2.37. The molecule has 1 aliphatic rings. The van der Waals surface area contributed by atoms with Gasteiger partial charge in [-0.05, 0) is 25.9 Å². The first-order valence-corrected chi connectivity index (χ1v) is 6.96. The van der Waals surface area contributed by atoms with Crippen LogP contribution in [0.15, 0.2) is 0 Å². The Morgan fingerprint density at radius 2 is 1.95 bits per heavy atom. The third kappa shape index (κ3) is 4.10. The third-order valence-corrected chi connectivity index (χ3v) is 3.77. The molecule has 0 unspecified atom stereocenters. The second-order valence-corrected chi connectivity index (χ2v) is 6.63. The van der Waals surface area contributed by atoms with Gasteiger partial charge in [0, 0.05) is 19.1 Å². The molecule has 0 aromatic rings. The topological polar surface area (TPSA) is 61.9 Å². The van der Waals surface area contributed by atoms with Crippen molar-refractivity contribution in [2.45, 2.75) is 39.3 Å². The maximum Gasteiger partial charge on any atom is 0.407 e. The molecule has 1 heterocycles. The summed E-state index contributed by atoms with van der Waals surface area (Å²) in [5.74, 6) is -0.0350. The van der Waals surface area contributed by atoms with Gasteiger partial charge in [-0.15, -0.1) is 0 Å². The first-order chi connectivity index (χ1) is 9.16.